The standard InChI is InChI=1S/C24H20F2N4O4/c1-13(28-23(32)20-21(31)18(33-2)11-12-27-20)24-29-22(30-34-24)19(14-3-7-16(25)8-4-14)15-5-9-17(26)10-6-15/h3-13,19,31H,1-2H3,(H,28,32)/t13-/m0/s1. The molecule has 4 rings (SSSR count). The van der Waals surface area contributed by atoms with Crippen LogP contribution in [0.25, 0.3) is 0 Å². The largest absolute Gasteiger partial charge is 0.503 e. The molecule has 1 amide bonds. The smallest absolute Gasteiger partial charge is 0.274 e. The molecule has 174 valence electrons. The molecule has 0 spiro atoms. The Morgan fingerprint density at radius 1 is 1.03 bits per heavy atom. The average molecular weight is 466 g/mol. The van der Waals surface area contributed by atoms with Crippen LogP contribution in [0.15, 0.2) is 65.3 Å². The summed E-state index contributed by atoms with van der Waals surface area (Å²) in [7, 11) is 1.36. The lowest BCUT2D eigenvalue weighted by molar-refractivity contribution is 0.0923. The summed E-state index contributed by atoms with van der Waals surface area (Å²) in [6, 6.07) is 12.3. The maximum atomic E-state index is 13.5. The molecule has 2 heterocycles. The average Bonchev–Trinajstić information content (AvgIpc) is 3.32. The molecule has 0 radical (unpaired) electrons. The molecule has 0 saturated heterocycles. The number of methoxy groups -OCH3 is 1. The highest BCUT2D eigenvalue weighted by atomic mass is 19.1. The van der Waals surface area contributed by atoms with Gasteiger partial charge in [0.15, 0.2) is 23.0 Å². The summed E-state index contributed by atoms with van der Waals surface area (Å²) in [5.74, 6) is -1.98. The summed E-state index contributed by atoms with van der Waals surface area (Å²) in [4.78, 5) is 20.9. The van der Waals surface area contributed by atoms with Crippen LogP contribution in [0.1, 0.15) is 52.2 Å². The van der Waals surface area contributed by atoms with Crippen molar-refractivity contribution in [3.8, 4) is 11.5 Å². The fourth-order valence-electron chi connectivity index (χ4n) is 3.44. The van der Waals surface area contributed by atoms with Gasteiger partial charge in [0, 0.05) is 12.3 Å². The zero-order chi connectivity index (χ0) is 24.2. The van der Waals surface area contributed by atoms with E-state index in [2.05, 4.69) is 20.4 Å². The number of carbonyl (C=O) groups is 1. The number of hydrogen-bond donors (Lipinski definition) is 2. The maximum Gasteiger partial charge on any atom is 0.274 e. The normalized spacial score (nSPS) is 11.9. The van der Waals surface area contributed by atoms with Crippen LogP contribution in [-0.4, -0.2) is 33.2 Å². The van der Waals surface area contributed by atoms with Crippen molar-refractivity contribution in [2.45, 2.75) is 18.9 Å². The third-order valence-electron chi connectivity index (χ3n) is 5.16. The van der Waals surface area contributed by atoms with Crippen molar-refractivity contribution < 1.29 is 27.9 Å². The van der Waals surface area contributed by atoms with Crippen molar-refractivity contribution in [1.29, 1.82) is 0 Å². The van der Waals surface area contributed by atoms with Gasteiger partial charge in [0.05, 0.1) is 13.0 Å². The van der Waals surface area contributed by atoms with Crippen molar-refractivity contribution in [1.82, 2.24) is 20.4 Å². The first-order valence-electron chi connectivity index (χ1n) is 10.2. The minimum atomic E-state index is -0.733. The molecule has 1 atom stereocenters. The van der Waals surface area contributed by atoms with Gasteiger partial charge in [-0.3, -0.25) is 4.79 Å². The third-order valence-corrected chi connectivity index (χ3v) is 5.16. The molecule has 2 N–H and O–H groups in total. The van der Waals surface area contributed by atoms with Crippen molar-refractivity contribution in [3.05, 3.63) is 101 Å². The maximum absolute atomic E-state index is 13.5. The van der Waals surface area contributed by atoms with Crippen molar-refractivity contribution >= 4 is 5.91 Å². The Balaban J connectivity index is 1.61. The van der Waals surface area contributed by atoms with E-state index in [1.165, 1.54) is 43.6 Å². The van der Waals surface area contributed by atoms with Gasteiger partial charge >= 0.3 is 0 Å². The van der Waals surface area contributed by atoms with Gasteiger partial charge in [-0.25, -0.2) is 13.8 Å². The van der Waals surface area contributed by atoms with Crippen LogP contribution in [0.5, 0.6) is 11.5 Å². The highest BCUT2D eigenvalue weighted by molar-refractivity contribution is 5.95. The van der Waals surface area contributed by atoms with E-state index in [-0.39, 0.29) is 23.2 Å². The van der Waals surface area contributed by atoms with Crippen LogP contribution < -0.4 is 10.1 Å². The molecule has 34 heavy (non-hydrogen) atoms. The van der Waals surface area contributed by atoms with E-state index in [1.54, 1.807) is 31.2 Å². The molecule has 0 aliphatic rings. The second-order valence-electron chi connectivity index (χ2n) is 7.43. The van der Waals surface area contributed by atoms with Gasteiger partial charge in [-0.15, -0.1) is 0 Å². The lowest BCUT2D eigenvalue weighted by atomic mass is 9.90. The number of pyridine rings is 1. The summed E-state index contributed by atoms with van der Waals surface area (Å²) in [5.41, 5.74) is 1.12. The van der Waals surface area contributed by atoms with Crippen LogP contribution >= 0.6 is 0 Å². The second-order valence-corrected chi connectivity index (χ2v) is 7.43. The van der Waals surface area contributed by atoms with E-state index >= 15 is 0 Å². The zero-order valence-electron chi connectivity index (χ0n) is 18.2. The Labute approximate surface area is 193 Å². The van der Waals surface area contributed by atoms with E-state index < -0.39 is 35.3 Å². The SMILES string of the molecule is COc1ccnc(C(=O)N[C@@H](C)c2nc(C(c3ccc(F)cc3)c3ccc(F)cc3)no2)c1O. The van der Waals surface area contributed by atoms with Crippen LogP contribution in [0.2, 0.25) is 0 Å². The Bertz CT molecular complexity index is 1250. The van der Waals surface area contributed by atoms with E-state index in [0.717, 1.165) is 0 Å². The number of benzene rings is 2. The van der Waals surface area contributed by atoms with E-state index in [4.69, 9.17) is 9.26 Å². The van der Waals surface area contributed by atoms with Crippen LogP contribution in [0.4, 0.5) is 8.78 Å². The number of aromatic nitrogens is 3. The van der Waals surface area contributed by atoms with Gasteiger partial charge < -0.3 is 19.7 Å². The van der Waals surface area contributed by atoms with Crippen LogP contribution in [-0.2, 0) is 0 Å². The topological polar surface area (TPSA) is 110 Å². The molecular formula is C24H20F2N4O4. The minimum Gasteiger partial charge on any atom is -0.503 e. The molecule has 2 aromatic carbocycles. The number of hydrogen-bond acceptors (Lipinski definition) is 7. The summed E-state index contributed by atoms with van der Waals surface area (Å²) in [6.45, 7) is 1.62. The number of carbonyl (C=O) groups excluding carboxylic acids is 1. The second kappa shape index (κ2) is 9.65. The van der Waals surface area contributed by atoms with E-state index in [9.17, 15) is 18.7 Å². The molecule has 0 fully saturated rings. The zero-order valence-corrected chi connectivity index (χ0v) is 18.2. The van der Waals surface area contributed by atoms with Gasteiger partial charge in [-0.2, -0.15) is 4.98 Å². The summed E-state index contributed by atoms with van der Waals surface area (Å²) in [5, 5.41) is 16.8. The van der Waals surface area contributed by atoms with Crippen LogP contribution in [0, 0.1) is 11.6 Å². The minimum absolute atomic E-state index is 0.0972. The molecule has 0 aliphatic heterocycles. The van der Waals surface area contributed by atoms with Gasteiger partial charge in [-0.1, -0.05) is 29.4 Å². The summed E-state index contributed by atoms with van der Waals surface area (Å²) >= 11 is 0. The van der Waals surface area contributed by atoms with Gasteiger partial charge in [0.2, 0.25) is 5.89 Å². The van der Waals surface area contributed by atoms with Gasteiger partial charge in [-0.05, 0) is 42.3 Å². The fourth-order valence-corrected chi connectivity index (χ4v) is 3.44. The molecule has 0 bridgehead atoms. The molecule has 8 nitrogen and oxygen atoms in total. The quantitative estimate of drug-likeness (QED) is 0.421. The molecule has 0 unspecified atom stereocenters. The molecule has 0 saturated carbocycles. The highest BCUT2D eigenvalue weighted by Gasteiger charge is 2.26. The highest BCUT2D eigenvalue weighted by Crippen LogP contribution is 2.31. The number of nitrogens with zero attached hydrogens (tertiary/aromatic N) is 3. The number of nitrogens with one attached hydrogen (secondary N) is 1. The lowest BCUT2D eigenvalue weighted by Gasteiger charge is -2.14. The summed E-state index contributed by atoms with van der Waals surface area (Å²) < 4.78 is 37.3. The Kier molecular flexibility index (Phi) is 6.48. The fraction of sp³-hybridized carbons (Fsp3) is 0.167. The molecule has 4 aromatic rings. The number of halogens is 2. The Morgan fingerprint density at radius 2 is 1.62 bits per heavy atom. The number of amides is 1. The van der Waals surface area contributed by atoms with Crippen LogP contribution in [0.3, 0.4) is 0 Å². The molecule has 10 heteroatoms. The monoisotopic (exact) mass is 466 g/mol. The van der Waals surface area contributed by atoms with Crippen molar-refractivity contribution in [2.75, 3.05) is 7.11 Å². The molecular weight excluding hydrogens is 446 g/mol. The first-order valence-corrected chi connectivity index (χ1v) is 10.2. The Hall–Kier alpha value is -4.34. The number of aromatic hydroxyl groups is 1. The summed E-state index contributed by atoms with van der Waals surface area (Å²) in [6.07, 6.45) is 1.33. The number of ether oxygens (including phenoxy) is 1. The predicted octanol–water partition coefficient (Wildman–Crippen LogP) is 4.13. The molecule has 0 aliphatic carbocycles. The lowest BCUT2D eigenvalue weighted by Crippen LogP contribution is -2.27. The van der Waals surface area contributed by atoms with E-state index in [1.807, 2.05) is 0 Å². The van der Waals surface area contributed by atoms with Crippen molar-refractivity contribution in [2.24, 2.45) is 0 Å². The van der Waals surface area contributed by atoms with Crippen molar-refractivity contribution in [3.63, 3.8) is 0 Å². The van der Waals surface area contributed by atoms with E-state index in [0.29, 0.717) is 11.1 Å². The Morgan fingerprint density at radius 3 is 2.18 bits per heavy atom. The predicted molar refractivity (Wildman–Crippen MR) is 116 cm³/mol. The third kappa shape index (κ3) is 4.70. The first kappa shape index (κ1) is 22.8. The number of rotatable bonds is 7. The molecule has 2 aromatic heterocycles. The van der Waals surface area contributed by atoms with Gasteiger partial charge in [0.1, 0.15) is 17.7 Å². The first-order chi connectivity index (χ1) is 16.4. The van der Waals surface area contributed by atoms with Gasteiger partial charge in [0.25, 0.3) is 5.91 Å².